The van der Waals surface area contributed by atoms with Gasteiger partial charge < -0.3 is 4.74 Å². The summed E-state index contributed by atoms with van der Waals surface area (Å²) in [6.07, 6.45) is 1.72. The molecule has 1 aliphatic heterocycles. The van der Waals surface area contributed by atoms with E-state index in [4.69, 9.17) is 4.74 Å². The molecule has 0 spiro atoms. The first kappa shape index (κ1) is 16.6. The summed E-state index contributed by atoms with van der Waals surface area (Å²) in [5, 5.41) is 1.80. The van der Waals surface area contributed by atoms with Gasteiger partial charge in [-0.25, -0.2) is 8.42 Å². The molecular formula is C17H21NO3S2. The summed E-state index contributed by atoms with van der Waals surface area (Å²) in [6.45, 7) is 2.48. The predicted octanol–water partition coefficient (Wildman–Crippen LogP) is 3.37. The molecule has 0 atom stereocenters. The van der Waals surface area contributed by atoms with Gasteiger partial charge in [-0.05, 0) is 35.8 Å². The monoisotopic (exact) mass is 351 g/mol. The first-order valence-electron chi connectivity index (χ1n) is 7.81. The van der Waals surface area contributed by atoms with Gasteiger partial charge in [0.25, 0.3) is 10.0 Å². The summed E-state index contributed by atoms with van der Waals surface area (Å²) >= 11 is 1.28. The van der Waals surface area contributed by atoms with Crippen LogP contribution in [-0.4, -0.2) is 32.4 Å². The van der Waals surface area contributed by atoms with Crippen LogP contribution in [0.15, 0.2) is 52.1 Å². The second kappa shape index (κ2) is 7.57. The molecule has 0 aliphatic carbocycles. The fourth-order valence-corrected chi connectivity index (χ4v) is 5.39. The van der Waals surface area contributed by atoms with Crippen molar-refractivity contribution in [2.24, 2.45) is 5.92 Å². The molecule has 0 radical (unpaired) electrons. The highest BCUT2D eigenvalue weighted by Crippen LogP contribution is 2.26. The van der Waals surface area contributed by atoms with Crippen molar-refractivity contribution in [3.05, 3.63) is 53.4 Å². The van der Waals surface area contributed by atoms with Crippen molar-refractivity contribution in [1.82, 2.24) is 4.31 Å². The molecule has 2 heterocycles. The van der Waals surface area contributed by atoms with Crippen LogP contribution < -0.4 is 0 Å². The highest BCUT2D eigenvalue weighted by Gasteiger charge is 2.29. The lowest BCUT2D eigenvalue weighted by Gasteiger charge is -2.30. The SMILES string of the molecule is O=S(=O)(c1cccs1)N1CCC(COCc2ccccc2)CC1. The van der Waals surface area contributed by atoms with E-state index in [1.807, 2.05) is 18.2 Å². The molecular weight excluding hydrogens is 330 g/mol. The van der Waals surface area contributed by atoms with Crippen LogP contribution in [0, 0.1) is 5.92 Å². The molecule has 23 heavy (non-hydrogen) atoms. The van der Waals surface area contributed by atoms with Gasteiger partial charge in [-0.15, -0.1) is 11.3 Å². The van der Waals surface area contributed by atoms with E-state index in [0.717, 1.165) is 12.8 Å². The lowest BCUT2D eigenvalue weighted by atomic mass is 9.99. The maximum Gasteiger partial charge on any atom is 0.252 e. The minimum absolute atomic E-state index is 0.438. The van der Waals surface area contributed by atoms with E-state index in [0.29, 0.717) is 36.4 Å². The molecule has 4 nitrogen and oxygen atoms in total. The van der Waals surface area contributed by atoms with Crippen molar-refractivity contribution in [2.45, 2.75) is 23.7 Å². The zero-order valence-corrected chi connectivity index (χ0v) is 14.6. The molecule has 1 fully saturated rings. The van der Waals surface area contributed by atoms with Crippen LogP contribution in [0.25, 0.3) is 0 Å². The first-order chi connectivity index (χ1) is 11.2. The third-order valence-electron chi connectivity index (χ3n) is 4.13. The molecule has 1 aromatic heterocycles. The Kier molecular flexibility index (Phi) is 5.48. The van der Waals surface area contributed by atoms with Crippen LogP contribution in [0.5, 0.6) is 0 Å². The summed E-state index contributed by atoms with van der Waals surface area (Å²) in [6, 6.07) is 13.6. The average Bonchev–Trinajstić information content (AvgIpc) is 3.12. The van der Waals surface area contributed by atoms with Gasteiger partial charge >= 0.3 is 0 Å². The van der Waals surface area contributed by atoms with Crippen LogP contribution in [0.3, 0.4) is 0 Å². The molecule has 0 saturated carbocycles. The number of rotatable bonds is 6. The Balaban J connectivity index is 1.45. The Morgan fingerprint density at radius 3 is 2.48 bits per heavy atom. The van der Waals surface area contributed by atoms with Crippen molar-refractivity contribution >= 4 is 21.4 Å². The second-order valence-corrected chi connectivity index (χ2v) is 8.89. The first-order valence-corrected chi connectivity index (χ1v) is 10.1. The van der Waals surface area contributed by atoms with Crippen molar-refractivity contribution in [3.8, 4) is 0 Å². The molecule has 0 N–H and O–H groups in total. The zero-order chi connectivity index (χ0) is 16.1. The maximum absolute atomic E-state index is 12.5. The van der Waals surface area contributed by atoms with Crippen LogP contribution in [-0.2, 0) is 21.4 Å². The van der Waals surface area contributed by atoms with Gasteiger partial charge in [0.2, 0.25) is 0 Å². The zero-order valence-electron chi connectivity index (χ0n) is 12.9. The molecule has 1 saturated heterocycles. The molecule has 1 aliphatic rings. The molecule has 3 rings (SSSR count). The van der Waals surface area contributed by atoms with Gasteiger partial charge in [-0.2, -0.15) is 4.31 Å². The number of sulfonamides is 1. The van der Waals surface area contributed by atoms with E-state index in [9.17, 15) is 8.42 Å². The van der Waals surface area contributed by atoms with Gasteiger partial charge in [0.15, 0.2) is 0 Å². The summed E-state index contributed by atoms with van der Waals surface area (Å²) in [7, 11) is -3.29. The molecule has 2 aromatic rings. The molecule has 1 aromatic carbocycles. The van der Waals surface area contributed by atoms with E-state index in [2.05, 4.69) is 12.1 Å². The van der Waals surface area contributed by atoms with E-state index >= 15 is 0 Å². The molecule has 6 heteroatoms. The summed E-state index contributed by atoms with van der Waals surface area (Å²) in [5.41, 5.74) is 1.17. The minimum Gasteiger partial charge on any atom is -0.376 e. The Morgan fingerprint density at radius 2 is 1.83 bits per heavy atom. The van der Waals surface area contributed by atoms with Gasteiger partial charge in [-0.1, -0.05) is 36.4 Å². The Labute approximate surface area is 141 Å². The van der Waals surface area contributed by atoms with Gasteiger partial charge in [-0.3, -0.25) is 0 Å². The van der Waals surface area contributed by atoms with E-state index in [-0.39, 0.29) is 0 Å². The normalized spacial score (nSPS) is 17.4. The van der Waals surface area contributed by atoms with Crippen LogP contribution in [0.1, 0.15) is 18.4 Å². The summed E-state index contributed by atoms with van der Waals surface area (Å²) < 4.78 is 32.7. The highest BCUT2D eigenvalue weighted by molar-refractivity contribution is 7.91. The number of nitrogens with zero attached hydrogens (tertiary/aromatic N) is 1. The number of thiophene rings is 1. The third kappa shape index (κ3) is 4.20. The van der Waals surface area contributed by atoms with Crippen LogP contribution in [0.4, 0.5) is 0 Å². The van der Waals surface area contributed by atoms with Gasteiger partial charge in [0.05, 0.1) is 6.61 Å². The van der Waals surface area contributed by atoms with Crippen molar-refractivity contribution in [2.75, 3.05) is 19.7 Å². The quantitative estimate of drug-likeness (QED) is 0.802. The second-order valence-electron chi connectivity index (χ2n) is 5.78. The number of ether oxygens (including phenoxy) is 1. The van der Waals surface area contributed by atoms with Crippen molar-refractivity contribution in [3.63, 3.8) is 0 Å². The lowest BCUT2D eigenvalue weighted by molar-refractivity contribution is 0.0688. The Hall–Kier alpha value is -1.21. The smallest absolute Gasteiger partial charge is 0.252 e. The number of piperidine rings is 1. The van der Waals surface area contributed by atoms with Crippen LogP contribution in [0.2, 0.25) is 0 Å². The van der Waals surface area contributed by atoms with E-state index in [1.165, 1.54) is 16.9 Å². The fraction of sp³-hybridized carbons (Fsp3) is 0.412. The van der Waals surface area contributed by atoms with Crippen molar-refractivity contribution in [1.29, 1.82) is 0 Å². The molecule has 124 valence electrons. The third-order valence-corrected chi connectivity index (χ3v) is 7.40. The topological polar surface area (TPSA) is 46.6 Å². The fourth-order valence-electron chi connectivity index (χ4n) is 2.77. The largest absolute Gasteiger partial charge is 0.376 e. The minimum atomic E-state index is -3.29. The lowest BCUT2D eigenvalue weighted by Crippen LogP contribution is -2.39. The van der Waals surface area contributed by atoms with Crippen molar-refractivity contribution < 1.29 is 13.2 Å². The standard InChI is InChI=1S/C17H21NO3S2/c19-23(20,17-7-4-12-22-17)18-10-8-16(9-11-18)14-21-13-15-5-2-1-3-6-15/h1-7,12,16H,8-11,13-14H2. The van der Waals surface area contributed by atoms with E-state index < -0.39 is 10.0 Å². The number of hydrogen-bond donors (Lipinski definition) is 0. The molecule has 0 unspecified atom stereocenters. The summed E-state index contributed by atoms with van der Waals surface area (Å²) in [5.74, 6) is 0.438. The Bertz CT molecular complexity index is 691. The predicted molar refractivity (Wildman–Crippen MR) is 91.9 cm³/mol. The van der Waals surface area contributed by atoms with E-state index in [1.54, 1.807) is 21.8 Å². The molecule has 0 bridgehead atoms. The highest BCUT2D eigenvalue weighted by atomic mass is 32.2. The van der Waals surface area contributed by atoms with Gasteiger partial charge in [0.1, 0.15) is 4.21 Å². The number of hydrogen-bond acceptors (Lipinski definition) is 4. The Morgan fingerprint density at radius 1 is 1.09 bits per heavy atom. The molecule has 0 amide bonds. The van der Waals surface area contributed by atoms with Crippen LogP contribution >= 0.6 is 11.3 Å². The number of benzene rings is 1. The maximum atomic E-state index is 12.5. The van der Waals surface area contributed by atoms with Gasteiger partial charge in [0, 0.05) is 19.7 Å². The average molecular weight is 351 g/mol. The summed E-state index contributed by atoms with van der Waals surface area (Å²) in [4.78, 5) is 0.